The van der Waals surface area contributed by atoms with E-state index < -0.39 is 0 Å². The number of carbonyl (C=O) groups is 2. The average Bonchev–Trinajstić information content (AvgIpc) is 2.65. The summed E-state index contributed by atoms with van der Waals surface area (Å²) in [6.07, 6.45) is 6.64. The average molecular weight is 300 g/mol. The molecule has 2 aliphatic rings. The molecule has 0 aliphatic heterocycles. The van der Waals surface area contributed by atoms with Crippen molar-refractivity contribution < 1.29 is 9.59 Å². The number of carbonyl (C=O) groups excluding carboxylic acids is 2. The van der Waals surface area contributed by atoms with Crippen molar-refractivity contribution in [2.24, 2.45) is 11.3 Å². The van der Waals surface area contributed by atoms with E-state index in [1.165, 1.54) is 11.1 Å². The predicted octanol–water partition coefficient (Wildman–Crippen LogP) is 4.95. The Bertz CT molecular complexity index is 575. The SMILES string of the molecule is C=C1CCC=C(C)CCC2=C(C(C)C)C(=O)C[C@@]2(C)CC1=O. The van der Waals surface area contributed by atoms with Crippen LogP contribution >= 0.6 is 0 Å². The lowest BCUT2D eigenvalue weighted by atomic mass is 9.75. The third-order valence-corrected chi connectivity index (χ3v) is 5.14. The summed E-state index contributed by atoms with van der Waals surface area (Å²) in [5.74, 6) is 0.604. The molecule has 0 aromatic carbocycles. The van der Waals surface area contributed by atoms with Crippen molar-refractivity contribution in [1.82, 2.24) is 0 Å². The highest BCUT2D eigenvalue weighted by atomic mass is 16.1. The summed E-state index contributed by atoms with van der Waals surface area (Å²) in [5.41, 5.74) is 3.95. The van der Waals surface area contributed by atoms with Crippen molar-refractivity contribution >= 4 is 11.6 Å². The largest absolute Gasteiger partial charge is 0.295 e. The van der Waals surface area contributed by atoms with Crippen LogP contribution in [0.5, 0.6) is 0 Å². The van der Waals surface area contributed by atoms with Crippen LogP contribution in [-0.4, -0.2) is 11.6 Å². The lowest BCUT2D eigenvalue weighted by molar-refractivity contribution is -0.118. The summed E-state index contributed by atoms with van der Waals surface area (Å²) in [4.78, 5) is 25.0. The first kappa shape index (κ1) is 16.9. The van der Waals surface area contributed by atoms with Crippen LogP contribution < -0.4 is 0 Å². The van der Waals surface area contributed by atoms with Crippen molar-refractivity contribution in [2.45, 2.75) is 66.2 Å². The van der Waals surface area contributed by atoms with E-state index in [0.717, 1.165) is 31.3 Å². The number of rotatable bonds is 1. The second-order valence-corrected chi connectivity index (χ2v) is 7.50. The van der Waals surface area contributed by atoms with Crippen LogP contribution in [0.2, 0.25) is 0 Å². The van der Waals surface area contributed by atoms with E-state index >= 15 is 0 Å². The van der Waals surface area contributed by atoms with Crippen LogP contribution in [0, 0.1) is 11.3 Å². The molecular formula is C20H28O2. The van der Waals surface area contributed by atoms with Gasteiger partial charge in [-0.3, -0.25) is 9.59 Å². The fraction of sp³-hybridized carbons (Fsp3) is 0.600. The van der Waals surface area contributed by atoms with E-state index in [9.17, 15) is 9.59 Å². The van der Waals surface area contributed by atoms with Gasteiger partial charge >= 0.3 is 0 Å². The summed E-state index contributed by atoms with van der Waals surface area (Å²) in [7, 11) is 0. The molecule has 0 aromatic rings. The summed E-state index contributed by atoms with van der Waals surface area (Å²) in [6, 6.07) is 0. The van der Waals surface area contributed by atoms with Gasteiger partial charge in [-0.1, -0.05) is 44.6 Å². The Hall–Kier alpha value is -1.44. The quantitative estimate of drug-likeness (QED) is 0.507. The van der Waals surface area contributed by atoms with Crippen LogP contribution in [-0.2, 0) is 9.59 Å². The van der Waals surface area contributed by atoms with E-state index in [0.29, 0.717) is 18.4 Å². The molecule has 0 N–H and O–H groups in total. The number of Topliss-reactive ketones (excluding diaryl/α,β-unsaturated/α-hetero) is 2. The third-order valence-electron chi connectivity index (χ3n) is 5.14. The highest BCUT2D eigenvalue weighted by Crippen LogP contribution is 2.48. The molecule has 0 bridgehead atoms. The standard InChI is InChI=1S/C20H28O2/c1-13(2)19-16-10-9-14(3)7-6-8-15(4)17(21)11-20(16,5)12-18(19)22/h7,13H,4,6,8-12H2,1-3,5H3/t20-/m1/s1. The topological polar surface area (TPSA) is 34.1 Å². The Kier molecular flexibility index (Phi) is 4.89. The number of fused-ring (bicyclic) bond motifs is 1. The maximum atomic E-state index is 12.5. The lowest BCUT2D eigenvalue weighted by Gasteiger charge is -2.28. The lowest BCUT2D eigenvalue weighted by Crippen LogP contribution is -2.22. The number of hydrogen-bond donors (Lipinski definition) is 0. The fourth-order valence-electron chi connectivity index (χ4n) is 3.86. The van der Waals surface area contributed by atoms with Gasteiger partial charge in [0, 0.05) is 18.3 Å². The Morgan fingerprint density at radius 2 is 1.73 bits per heavy atom. The second kappa shape index (κ2) is 6.36. The van der Waals surface area contributed by atoms with E-state index in [2.05, 4.69) is 40.3 Å². The minimum Gasteiger partial charge on any atom is -0.295 e. The number of ketones is 2. The zero-order chi connectivity index (χ0) is 16.5. The molecule has 2 rings (SSSR count). The molecular weight excluding hydrogens is 272 g/mol. The minimum absolute atomic E-state index is 0.130. The van der Waals surface area contributed by atoms with Gasteiger partial charge in [-0.2, -0.15) is 0 Å². The van der Waals surface area contributed by atoms with Gasteiger partial charge in [-0.15, -0.1) is 0 Å². The van der Waals surface area contributed by atoms with Crippen molar-refractivity contribution in [3.8, 4) is 0 Å². The first-order valence-corrected chi connectivity index (χ1v) is 8.38. The predicted molar refractivity (Wildman–Crippen MR) is 90.6 cm³/mol. The summed E-state index contributed by atoms with van der Waals surface area (Å²) in [6.45, 7) is 12.4. The number of allylic oxidation sites excluding steroid dienone is 5. The molecule has 0 unspecified atom stereocenters. The molecule has 0 saturated carbocycles. The summed E-state index contributed by atoms with van der Waals surface area (Å²) >= 11 is 0. The Labute approximate surface area is 134 Å². The molecule has 2 heteroatoms. The van der Waals surface area contributed by atoms with Gasteiger partial charge in [0.25, 0.3) is 0 Å². The van der Waals surface area contributed by atoms with Gasteiger partial charge < -0.3 is 0 Å². The van der Waals surface area contributed by atoms with E-state index in [1.807, 2.05) is 0 Å². The molecule has 1 atom stereocenters. The first-order valence-electron chi connectivity index (χ1n) is 8.38. The molecule has 2 nitrogen and oxygen atoms in total. The number of hydrogen-bond acceptors (Lipinski definition) is 2. The summed E-state index contributed by atoms with van der Waals surface area (Å²) in [5, 5.41) is 0. The maximum Gasteiger partial charge on any atom is 0.159 e. The van der Waals surface area contributed by atoms with Gasteiger partial charge in [-0.25, -0.2) is 0 Å². The molecule has 0 aromatic heterocycles. The van der Waals surface area contributed by atoms with Crippen molar-refractivity contribution in [3.63, 3.8) is 0 Å². The van der Waals surface area contributed by atoms with Crippen molar-refractivity contribution in [3.05, 3.63) is 34.9 Å². The zero-order valence-electron chi connectivity index (χ0n) is 14.4. The van der Waals surface area contributed by atoms with Crippen molar-refractivity contribution in [1.29, 1.82) is 0 Å². The van der Waals surface area contributed by atoms with Crippen LogP contribution in [0.3, 0.4) is 0 Å². The van der Waals surface area contributed by atoms with E-state index in [-0.39, 0.29) is 22.9 Å². The van der Waals surface area contributed by atoms with Crippen LogP contribution in [0.25, 0.3) is 0 Å². The molecule has 2 aliphatic carbocycles. The van der Waals surface area contributed by atoms with Gasteiger partial charge in [0.05, 0.1) is 0 Å². The van der Waals surface area contributed by atoms with Crippen LogP contribution in [0.15, 0.2) is 34.9 Å². The van der Waals surface area contributed by atoms with Gasteiger partial charge in [0.2, 0.25) is 0 Å². The molecule has 0 radical (unpaired) electrons. The zero-order valence-corrected chi connectivity index (χ0v) is 14.4. The molecule has 120 valence electrons. The minimum atomic E-state index is -0.304. The van der Waals surface area contributed by atoms with Crippen LogP contribution in [0.1, 0.15) is 66.2 Å². The van der Waals surface area contributed by atoms with E-state index in [1.54, 1.807) is 0 Å². The van der Waals surface area contributed by atoms with Gasteiger partial charge in [0.1, 0.15) is 0 Å². The highest BCUT2D eigenvalue weighted by Gasteiger charge is 2.43. The highest BCUT2D eigenvalue weighted by molar-refractivity contribution is 6.02. The van der Waals surface area contributed by atoms with E-state index in [4.69, 9.17) is 0 Å². The second-order valence-electron chi connectivity index (χ2n) is 7.50. The Balaban J connectivity index is 2.47. The monoisotopic (exact) mass is 300 g/mol. The molecule has 0 heterocycles. The molecule has 0 spiro atoms. The molecule has 0 amide bonds. The molecule has 0 fully saturated rings. The third kappa shape index (κ3) is 3.31. The van der Waals surface area contributed by atoms with Crippen molar-refractivity contribution in [2.75, 3.05) is 0 Å². The fourth-order valence-corrected chi connectivity index (χ4v) is 3.86. The smallest absolute Gasteiger partial charge is 0.159 e. The molecule has 0 saturated heterocycles. The summed E-state index contributed by atoms with van der Waals surface area (Å²) < 4.78 is 0. The Morgan fingerprint density at radius 3 is 2.36 bits per heavy atom. The maximum absolute atomic E-state index is 12.5. The van der Waals surface area contributed by atoms with Gasteiger partial charge in [-0.05, 0) is 49.7 Å². The van der Waals surface area contributed by atoms with Crippen LogP contribution in [0.4, 0.5) is 0 Å². The normalized spacial score (nSPS) is 27.9. The Morgan fingerprint density at radius 1 is 1.09 bits per heavy atom. The first-order chi connectivity index (χ1) is 10.2. The molecule has 22 heavy (non-hydrogen) atoms. The van der Waals surface area contributed by atoms with Gasteiger partial charge in [0.15, 0.2) is 11.6 Å².